The summed E-state index contributed by atoms with van der Waals surface area (Å²) in [5.41, 5.74) is 2.03. The Morgan fingerprint density at radius 2 is 2.10 bits per heavy atom. The fourth-order valence-electron chi connectivity index (χ4n) is 3.10. The van der Waals surface area contributed by atoms with Crippen LogP contribution >= 0.6 is 11.6 Å². The number of nitrogens with one attached hydrogen (secondary N) is 2. The molecule has 3 heterocycles. The third-order valence-electron chi connectivity index (χ3n) is 4.45. The summed E-state index contributed by atoms with van der Waals surface area (Å²) < 4.78 is 9.57. The lowest BCUT2D eigenvalue weighted by atomic mass is 10.2. The average Bonchev–Trinajstić information content (AvgIpc) is 3.32. The fraction of sp³-hybridized carbons (Fsp3) is 0.100. The van der Waals surface area contributed by atoms with Crippen LogP contribution in [-0.4, -0.2) is 36.7 Å². The predicted octanol–water partition coefficient (Wildman–Crippen LogP) is 2.75. The molecule has 4 aromatic rings. The standard InChI is InChI=1S/C20H18ClN7O3/c1-4-17(29)23-12-6-5-7-13(8-12)27-11-14(18-22-9-16(21)28(18)20(27)30)24-15-10-26(2)25-19(15)31-3/h4-11,24H,1H2,2-3H3,(H,23,29). The molecule has 1 amide bonds. The number of carbonyl (C=O) groups is 1. The Balaban J connectivity index is 1.87. The van der Waals surface area contributed by atoms with E-state index < -0.39 is 5.69 Å². The molecule has 4 rings (SSSR count). The Morgan fingerprint density at radius 3 is 2.84 bits per heavy atom. The van der Waals surface area contributed by atoms with Gasteiger partial charge in [-0.05, 0) is 24.3 Å². The zero-order chi connectivity index (χ0) is 22.1. The van der Waals surface area contributed by atoms with Crippen LogP contribution in [0.2, 0.25) is 5.15 Å². The molecule has 0 bridgehead atoms. The number of halogens is 1. The summed E-state index contributed by atoms with van der Waals surface area (Å²) in [6.45, 7) is 3.44. The van der Waals surface area contributed by atoms with Gasteiger partial charge in [0.15, 0.2) is 5.65 Å². The quantitative estimate of drug-likeness (QED) is 0.447. The Morgan fingerprint density at radius 1 is 1.29 bits per heavy atom. The summed E-state index contributed by atoms with van der Waals surface area (Å²) in [7, 11) is 3.28. The smallest absolute Gasteiger partial charge is 0.339 e. The van der Waals surface area contributed by atoms with Crippen LogP contribution in [0, 0.1) is 0 Å². The second kappa shape index (κ2) is 8.00. The molecule has 0 atom stereocenters. The van der Waals surface area contributed by atoms with Crippen molar-refractivity contribution in [2.45, 2.75) is 0 Å². The van der Waals surface area contributed by atoms with E-state index in [0.29, 0.717) is 34.3 Å². The van der Waals surface area contributed by atoms with Gasteiger partial charge in [0.05, 0.1) is 30.9 Å². The first-order chi connectivity index (χ1) is 14.9. The number of carbonyl (C=O) groups excluding carboxylic acids is 1. The van der Waals surface area contributed by atoms with Gasteiger partial charge in [-0.25, -0.2) is 14.2 Å². The van der Waals surface area contributed by atoms with Crippen LogP contribution in [0.1, 0.15) is 0 Å². The van der Waals surface area contributed by atoms with Crippen molar-refractivity contribution < 1.29 is 9.53 Å². The average molecular weight is 440 g/mol. The number of benzene rings is 1. The number of hydrogen-bond acceptors (Lipinski definition) is 6. The number of anilines is 3. The number of amides is 1. The molecule has 0 saturated heterocycles. The molecule has 2 N–H and O–H groups in total. The molecule has 0 aliphatic heterocycles. The highest BCUT2D eigenvalue weighted by molar-refractivity contribution is 6.29. The first kappa shape index (κ1) is 20.2. The third kappa shape index (κ3) is 3.76. The van der Waals surface area contributed by atoms with Crippen molar-refractivity contribution in [3.63, 3.8) is 0 Å². The number of methoxy groups -OCH3 is 1. The Hall–Kier alpha value is -4.05. The van der Waals surface area contributed by atoms with Crippen molar-refractivity contribution in [1.82, 2.24) is 23.7 Å². The molecule has 10 nitrogen and oxygen atoms in total. The second-order valence-electron chi connectivity index (χ2n) is 6.53. The van der Waals surface area contributed by atoms with Crippen LogP contribution in [-0.2, 0) is 11.8 Å². The maximum Gasteiger partial charge on any atom is 0.339 e. The Labute approximate surface area is 181 Å². The molecule has 0 aliphatic carbocycles. The summed E-state index contributed by atoms with van der Waals surface area (Å²) in [6, 6.07) is 6.82. The Kier molecular flexibility index (Phi) is 5.22. The van der Waals surface area contributed by atoms with Gasteiger partial charge in [0.25, 0.3) is 5.88 Å². The van der Waals surface area contributed by atoms with Crippen LogP contribution in [0.15, 0.2) is 60.3 Å². The van der Waals surface area contributed by atoms with Crippen molar-refractivity contribution in [3.8, 4) is 11.6 Å². The van der Waals surface area contributed by atoms with Crippen LogP contribution in [0.3, 0.4) is 0 Å². The number of fused-ring (bicyclic) bond motifs is 1. The lowest BCUT2D eigenvalue weighted by Crippen LogP contribution is -2.26. The molecular weight excluding hydrogens is 422 g/mol. The fourth-order valence-corrected chi connectivity index (χ4v) is 3.30. The largest absolute Gasteiger partial charge is 0.478 e. The van der Waals surface area contributed by atoms with E-state index in [0.717, 1.165) is 0 Å². The van der Waals surface area contributed by atoms with Crippen molar-refractivity contribution in [2.24, 2.45) is 7.05 Å². The van der Waals surface area contributed by atoms with Gasteiger partial charge in [-0.15, -0.1) is 5.10 Å². The molecule has 0 radical (unpaired) electrons. The molecule has 0 saturated carbocycles. The monoisotopic (exact) mass is 439 g/mol. The van der Waals surface area contributed by atoms with Gasteiger partial charge in [0.2, 0.25) is 5.91 Å². The topological polar surface area (TPSA) is 107 Å². The molecule has 11 heteroatoms. The zero-order valence-corrected chi connectivity index (χ0v) is 17.4. The van der Waals surface area contributed by atoms with E-state index in [1.807, 2.05) is 0 Å². The van der Waals surface area contributed by atoms with Crippen molar-refractivity contribution >= 4 is 40.2 Å². The second-order valence-corrected chi connectivity index (χ2v) is 6.92. The summed E-state index contributed by atoms with van der Waals surface area (Å²) in [6.07, 6.45) is 5.90. The van der Waals surface area contributed by atoms with E-state index in [9.17, 15) is 9.59 Å². The molecule has 0 unspecified atom stereocenters. The summed E-state index contributed by atoms with van der Waals surface area (Å²) in [5.74, 6) is 0.0221. The molecule has 3 aromatic heterocycles. The van der Waals surface area contributed by atoms with E-state index in [1.54, 1.807) is 48.4 Å². The minimum absolute atomic E-state index is 0.159. The van der Waals surface area contributed by atoms with Gasteiger partial charge in [-0.2, -0.15) is 0 Å². The van der Waals surface area contributed by atoms with Crippen LogP contribution in [0.5, 0.6) is 5.88 Å². The third-order valence-corrected chi connectivity index (χ3v) is 4.72. The van der Waals surface area contributed by atoms with E-state index >= 15 is 0 Å². The minimum Gasteiger partial charge on any atom is -0.478 e. The summed E-state index contributed by atoms with van der Waals surface area (Å²) in [5, 5.41) is 10.3. The molecular formula is C20H18ClN7O3. The predicted molar refractivity (Wildman–Crippen MR) is 118 cm³/mol. The van der Waals surface area contributed by atoms with Gasteiger partial charge >= 0.3 is 5.69 Å². The lowest BCUT2D eigenvalue weighted by molar-refractivity contribution is -0.111. The summed E-state index contributed by atoms with van der Waals surface area (Å²) in [4.78, 5) is 29.1. The van der Waals surface area contributed by atoms with E-state index in [-0.39, 0.29) is 11.1 Å². The molecule has 0 fully saturated rings. The number of rotatable bonds is 6. The van der Waals surface area contributed by atoms with E-state index in [4.69, 9.17) is 16.3 Å². The number of aromatic nitrogens is 5. The van der Waals surface area contributed by atoms with Crippen LogP contribution < -0.4 is 21.1 Å². The van der Waals surface area contributed by atoms with Gasteiger partial charge in [-0.3, -0.25) is 14.0 Å². The number of ether oxygens (including phenoxy) is 1. The lowest BCUT2D eigenvalue weighted by Gasteiger charge is -2.13. The summed E-state index contributed by atoms with van der Waals surface area (Å²) >= 11 is 6.24. The molecule has 158 valence electrons. The molecule has 0 aliphatic rings. The van der Waals surface area contributed by atoms with Crippen LogP contribution in [0.4, 0.5) is 17.1 Å². The highest BCUT2D eigenvalue weighted by Crippen LogP contribution is 2.28. The minimum atomic E-state index is -0.423. The Bertz CT molecular complexity index is 1370. The van der Waals surface area contributed by atoms with Gasteiger partial charge in [-0.1, -0.05) is 24.2 Å². The number of hydrogen-bond donors (Lipinski definition) is 2. The highest BCUT2D eigenvalue weighted by atomic mass is 35.5. The number of nitrogens with zero attached hydrogens (tertiary/aromatic N) is 5. The van der Waals surface area contributed by atoms with Crippen LogP contribution in [0.25, 0.3) is 11.3 Å². The molecule has 31 heavy (non-hydrogen) atoms. The highest BCUT2D eigenvalue weighted by Gasteiger charge is 2.17. The first-order valence-corrected chi connectivity index (χ1v) is 9.46. The maximum absolute atomic E-state index is 13.2. The SMILES string of the molecule is C=CC(=O)Nc1cccc(-n2cc(Nc3cn(C)nc3OC)c3ncc(Cl)n3c2=O)c1. The molecule has 0 spiro atoms. The number of aryl methyl sites for hydroxylation is 1. The normalized spacial score (nSPS) is 10.8. The number of imidazole rings is 1. The van der Waals surface area contributed by atoms with E-state index in [2.05, 4.69) is 27.3 Å². The van der Waals surface area contributed by atoms with Crippen molar-refractivity contribution in [2.75, 3.05) is 17.7 Å². The molecule has 1 aromatic carbocycles. The van der Waals surface area contributed by atoms with E-state index in [1.165, 1.54) is 28.4 Å². The zero-order valence-electron chi connectivity index (χ0n) is 16.7. The first-order valence-electron chi connectivity index (χ1n) is 9.08. The van der Waals surface area contributed by atoms with Gasteiger partial charge < -0.3 is 15.4 Å². The van der Waals surface area contributed by atoms with Gasteiger partial charge in [0.1, 0.15) is 10.8 Å². The van der Waals surface area contributed by atoms with Crippen molar-refractivity contribution in [1.29, 1.82) is 0 Å². The van der Waals surface area contributed by atoms with Crippen molar-refractivity contribution in [3.05, 3.63) is 71.1 Å². The van der Waals surface area contributed by atoms with Gasteiger partial charge in [0, 0.05) is 18.9 Å². The maximum atomic E-state index is 13.2.